The predicted molar refractivity (Wildman–Crippen MR) is 77.5 cm³/mol. The molecule has 0 aliphatic carbocycles. The monoisotopic (exact) mass is 274 g/mol. The van der Waals surface area contributed by atoms with Crippen LogP contribution in [-0.2, 0) is 14.0 Å². The van der Waals surface area contributed by atoms with Crippen LogP contribution in [0.2, 0.25) is 0 Å². The average Bonchev–Trinajstić information content (AvgIpc) is 2.97. The molecule has 0 amide bonds. The number of hydrogen-bond acceptors (Lipinski definition) is 5. The highest BCUT2D eigenvalue weighted by Gasteiger charge is 2.52. The molecule has 2 aliphatic heterocycles. The molecule has 0 saturated carbocycles. The molecule has 20 heavy (non-hydrogen) atoms. The summed E-state index contributed by atoms with van der Waals surface area (Å²) in [7, 11) is -0.419. The first-order valence-electron chi connectivity index (χ1n) is 6.76. The van der Waals surface area contributed by atoms with Crippen molar-refractivity contribution in [3.8, 4) is 0 Å². The van der Waals surface area contributed by atoms with Crippen molar-refractivity contribution < 1.29 is 14.0 Å². The highest BCUT2D eigenvalue weighted by atomic mass is 16.7. The van der Waals surface area contributed by atoms with Gasteiger partial charge in [0.15, 0.2) is 6.73 Å². The lowest BCUT2D eigenvalue weighted by molar-refractivity contribution is 0.00578. The molecule has 6 heteroatoms. The van der Waals surface area contributed by atoms with Crippen molar-refractivity contribution in [2.24, 2.45) is 0 Å². The van der Waals surface area contributed by atoms with Crippen LogP contribution in [0.5, 0.6) is 0 Å². The van der Waals surface area contributed by atoms with Gasteiger partial charge in [-0.15, -0.1) is 0 Å². The first-order chi connectivity index (χ1) is 9.41. The number of ether oxygens (including phenoxy) is 1. The fourth-order valence-corrected chi connectivity index (χ4v) is 2.22. The first-order valence-corrected chi connectivity index (χ1v) is 6.76. The molecule has 1 saturated heterocycles. The predicted octanol–water partition coefficient (Wildman–Crippen LogP) is 1.65. The Hall–Kier alpha value is -1.53. The number of pyridine rings is 1. The van der Waals surface area contributed by atoms with Crippen molar-refractivity contribution in [3.05, 3.63) is 30.8 Å². The summed E-state index contributed by atoms with van der Waals surface area (Å²) >= 11 is 0. The summed E-state index contributed by atoms with van der Waals surface area (Å²) in [6.07, 6.45) is 5.27. The zero-order chi connectivity index (χ0) is 14.4. The number of rotatable bonds is 2. The van der Waals surface area contributed by atoms with E-state index in [0.29, 0.717) is 6.73 Å². The van der Waals surface area contributed by atoms with Gasteiger partial charge in [-0.3, -0.25) is 4.90 Å². The zero-order valence-electron chi connectivity index (χ0n) is 12.3. The van der Waals surface area contributed by atoms with Crippen LogP contribution < -0.4 is 10.4 Å². The molecule has 1 aromatic heterocycles. The van der Waals surface area contributed by atoms with E-state index >= 15 is 0 Å². The van der Waals surface area contributed by atoms with Crippen LogP contribution in [0.4, 0.5) is 5.82 Å². The lowest BCUT2D eigenvalue weighted by atomic mass is 9.79. The molecule has 5 nitrogen and oxygen atoms in total. The molecule has 3 heterocycles. The maximum Gasteiger partial charge on any atom is 0.498 e. The Morgan fingerprint density at radius 1 is 1.20 bits per heavy atom. The molecule has 0 atom stereocenters. The van der Waals surface area contributed by atoms with Crippen LogP contribution in [0.25, 0.3) is 0 Å². The van der Waals surface area contributed by atoms with E-state index in [4.69, 9.17) is 14.0 Å². The van der Waals surface area contributed by atoms with E-state index in [1.165, 1.54) is 0 Å². The lowest BCUT2D eigenvalue weighted by Crippen LogP contribution is -2.41. The second-order valence-electron chi connectivity index (χ2n) is 6.06. The summed E-state index contributed by atoms with van der Waals surface area (Å²) in [4.78, 5) is 6.37. The average molecular weight is 274 g/mol. The van der Waals surface area contributed by atoms with Crippen LogP contribution in [0, 0.1) is 0 Å². The van der Waals surface area contributed by atoms with Gasteiger partial charge in [-0.05, 0) is 33.8 Å². The maximum atomic E-state index is 6.10. The third-order valence-electron chi connectivity index (χ3n) is 4.15. The Bertz CT molecular complexity index is 529. The van der Waals surface area contributed by atoms with Crippen LogP contribution >= 0.6 is 0 Å². The van der Waals surface area contributed by atoms with Gasteiger partial charge in [0, 0.05) is 17.9 Å². The van der Waals surface area contributed by atoms with E-state index in [2.05, 4.69) is 4.98 Å². The van der Waals surface area contributed by atoms with Gasteiger partial charge in [-0.2, -0.15) is 0 Å². The van der Waals surface area contributed by atoms with Gasteiger partial charge < -0.3 is 14.0 Å². The Balaban J connectivity index is 1.94. The molecular formula is C14H19BN2O3. The summed E-state index contributed by atoms with van der Waals surface area (Å²) in [6.45, 7) is 8.64. The van der Waals surface area contributed by atoms with Crippen molar-refractivity contribution in [1.29, 1.82) is 0 Å². The molecule has 0 aromatic carbocycles. The molecular weight excluding hydrogens is 255 g/mol. The lowest BCUT2D eigenvalue weighted by Gasteiger charge is -2.32. The summed E-state index contributed by atoms with van der Waals surface area (Å²) in [6, 6.07) is 3.88. The largest absolute Gasteiger partial charge is 0.498 e. The van der Waals surface area contributed by atoms with E-state index in [1.54, 1.807) is 12.5 Å². The Morgan fingerprint density at radius 2 is 1.90 bits per heavy atom. The highest BCUT2D eigenvalue weighted by Crippen LogP contribution is 2.37. The minimum absolute atomic E-state index is 0.359. The van der Waals surface area contributed by atoms with Crippen molar-refractivity contribution in [2.75, 3.05) is 11.6 Å². The summed E-state index contributed by atoms with van der Waals surface area (Å²) in [5.74, 6) is 0.805. The fourth-order valence-electron chi connectivity index (χ4n) is 2.22. The van der Waals surface area contributed by atoms with E-state index in [9.17, 15) is 0 Å². The minimum atomic E-state index is -0.419. The van der Waals surface area contributed by atoms with Crippen molar-refractivity contribution >= 4 is 18.4 Å². The van der Waals surface area contributed by atoms with Crippen LogP contribution in [0.3, 0.4) is 0 Å². The minimum Gasteiger partial charge on any atom is -0.479 e. The number of hydrogen-bond donors (Lipinski definition) is 0. The van der Waals surface area contributed by atoms with Gasteiger partial charge in [0.1, 0.15) is 12.1 Å². The van der Waals surface area contributed by atoms with Gasteiger partial charge in [-0.1, -0.05) is 6.07 Å². The molecule has 3 rings (SSSR count). The van der Waals surface area contributed by atoms with Crippen LogP contribution in [-0.4, -0.2) is 30.0 Å². The van der Waals surface area contributed by atoms with E-state index in [0.717, 1.165) is 11.3 Å². The first kappa shape index (κ1) is 13.5. The maximum absolute atomic E-state index is 6.10. The van der Waals surface area contributed by atoms with Gasteiger partial charge in [0.05, 0.1) is 11.2 Å². The summed E-state index contributed by atoms with van der Waals surface area (Å²) in [5.41, 5.74) is 0.200. The smallest absolute Gasteiger partial charge is 0.479 e. The molecule has 1 aromatic rings. The third kappa shape index (κ3) is 2.09. The molecule has 0 bridgehead atoms. The Morgan fingerprint density at radius 3 is 2.50 bits per heavy atom. The highest BCUT2D eigenvalue weighted by molar-refractivity contribution is 6.63. The molecule has 0 spiro atoms. The number of anilines is 1. The molecule has 0 unspecified atom stereocenters. The fraction of sp³-hybridized carbons (Fsp3) is 0.500. The molecule has 0 N–H and O–H groups in total. The second-order valence-corrected chi connectivity index (χ2v) is 6.06. The quantitative estimate of drug-likeness (QED) is 0.767. The number of nitrogens with zero attached hydrogens (tertiary/aromatic N) is 2. The van der Waals surface area contributed by atoms with Gasteiger partial charge in [0.25, 0.3) is 0 Å². The molecule has 1 fully saturated rings. The zero-order valence-corrected chi connectivity index (χ0v) is 12.3. The van der Waals surface area contributed by atoms with Crippen molar-refractivity contribution in [2.45, 2.75) is 38.9 Å². The Labute approximate surface area is 119 Å². The van der Waals surface area contributed by atoms with Gasteiger partial charge >= 0.3 is 7.12 Å². The summed E-state index contributed by atoms with van der Waals surface area (Å²) < 4.78 is 17.4. The third-order valence-corrected chi connectivity index (χ3v) is 4.15. The van der Waals surface area contributed by atoms with E-state index in [-0.39, 0.29) is 11.2 Å². The van der Waals surface area contributed by atoms with Crippen molar-refractivity contribution in [1.82, 2.24) is 4.98 Å². The van der Waals surface area contributed by atoms with Crippen molar-refractivity contribution in [3.63, 3.8) is 0 Å². The Kier molecular flexibility index (Phi) is 3.03. The van der Waals surface area contributed by atoms with E-state index < -0.39 is 7.12 Å². The molecule has 106 valence electrons. The normalized spacial score (nSPS) is 23.2. The van der Waals surface area contributed by atoms with Gasteiger partial charge in [-0.25, -0.2) is 4.98 Å². The topological polar surface area (TPSA) is 43.8 Å². The summed E-state index contributed by atoms with van der Waals surface area (Å²) in [5, 5.41) is 0. The molecule has 2 aliphatic rings. The van der Waals surface area contributed by atoms with Crippen LogP contribution in [0.15, 0.2) is 30.8 Å². The number of aromatic nitrogens is 1. The van der Waals surface area contributed by atoms with E-state index in [1.807, 2.05) is 50.9 Å². The SMILES string of the molecule is CC1(C)OB(c2cccnc2N2C=COC2)OC1(C)C. The van der Waals surface area contributed by atoms with Crippen LogP contribution in [0.1, 0.15) is 27.7 Å². The molecule has 0 radical (unpaired) electrons. The second kappa shape index (κ2) is 4.50. The van der Waals surface area contributed by atoms with Gasteiger partial charge in [0.2, 0.25) is 0 Å². The standard InChI is InChI=1S/C14H19BN2O3/c1-13(2)14(3,4)20-15(19-13)11-6-5-7-16-12(11)17-8-9-18-10-17/h5-9H,10H2,1-4H3.